The van der Waals surface area contributed by atoms with Gasteiger partial charge in [-0.15, -0.1) is 0 Å². The van der Waals surface area contributed by atoms with Crippen LogP contribution in [0.5, 0.6) is 0 Å². The average molecular weight is 310 g/mol. The summed E-state index contributed by atoms with van der Waals surface area (Å²) >= 11 is 0. The lowest BCUT2D eigenvalue weighted by Gasteiger charge is -2.21. The van der Waals surface area contributed by atoms with Crippen LogP contribution in [0.1, 0.15) is 39.5 Å². The Balaban J connectivity index is 3.90. The Morgan fingerprint density at radius 1 is 1.29 bits per heavy atom. The second-order valence-corrected chi connectivity index (χ2v) is 5.39. The maximum Gasteiger partial charge on any atom is 0.401 e. The van der Waals surface area contributed by atoms with Gasteiger partial charge in [-0.2, -0.15) is 13.2 Å². The molecule has 0 amide bonds. The smallest absolute Gasteiger partial charge is 0.355 e. The highest BCUT2D eigenvalue weighted by Crippen LogP contribution is 2.14. The second kappa shape index (κ2) is 10.7. The zero-order chi connectivity index (χ0) is 16.3. The number of guanidine groups is 1. The molecular formula is C14H29F3N4. The van der Waals surface area contributed by atoms with E-state index in [4.69, 9.17) is 0 Å². The molecule has 21 heavy (non-hydrogen) atoms. The molecule has 1 unspecified atom stereocenters. The molecule has 0 fully saturated rings. The molecular weight excluding hydrogens is 281 g/mol. The van der Waals surface area contributed by atoms with Crippen LogP contribution in [0.3, 0.4) is 0 Å². The first-order valence-corrected chi connectivity index (χ1v) is 7.51. The quantitative estimate of drug-likeness (QED) is 0.391. The fourth-order valence-corrected chi connectivity index (χ4v) is 1.95. The summed E-state index contributed by atoms with van der Waals surface area (Å²) in [6, 6.07) is 0.302. The van der Waals surface area contributed by atoms with Gasteiger partial charge in [-0.05, 0) is 20.4 Å². The molecule has 0 bridgehead atoms. The van der Waals surface area contributed by atoms with Gasteiger partial charge in [0, 0.05) is 26.2 Å². The number of likely N-dealkylation sites (N-methyl/N-ethyl adjacent to an activating group) is 1. The topological polar surface area (TPSA) is 39.7 Å². The Morgan fingerprint density at radius 3 is 2.48 bits per heavy atom. The fourth-order valence-electron chi connectivity index (χ4n) is 1.95. The zero-order valence-electron chi connectivity index (χ0n) is 13.6. The van der Waals surface area contributed by atoms with Crippen LogP contribution >= 0.6 is 0 Å². The third-order valence-electron chi connectivity index (χ3n) is 3.08. The lowest BCUT2D eigenvalue weighted by atomic mass is 10.1. The summed E-state index contributed by atoms with van der Waals surface area (Å²) in [4.78, 5) is 5.32. The molecule has 0 heterocycles. The molecule has 0 aliphatic carbocycles. The number of nitrogens with one attached hydrogen (secondary N) is 2. The molecule has 1 atom stereocenters. The number of aliphatic imine (C=N–C) groups is 1. The number of rotatable bonds is 9. The van der Waals surface area contributed by atoms with Crippen LogP contribution in [0, 0.1) is 0 Å². The lowest BCUT2D eigenvalue weighted by molar-refractivity contribution is -0.142. The maximum absolute atomic E-state index is 12.2. The summed E-state index contributed by atoms with van der Waals surface area (Å²) < 4.78 is 36.5. The van der Waals surface area contributed by atoms with E-state index in [2.05, 4.69) is 29.5 Å². The van der Waals surface area contributed by atoms with Crippen molar-refractivity contribution in [3.63, 3.8) is 0 Å². The third-order valence-corrected chi connectivity index (χ3v) is 3.08. The Labute approximate surface area is 126 Å². The van der Waals surface area contributed by atoms with Gasteiger partial charge in [0.2, 0.25) is 0 Å². The molecule has 0 radical (unpaired) electrons. The van der Waals surface area contributed by atoms with E-state index < -0.39 is 12.7 Å². The monoisotopic (exact) mass is 310 g/mol. The summed E-state index contributed by atoms with van der Waals surface area (Å²) in [5.41, 5.74) is 0. The summed E-state index contributed by atoms with van der Waals surface area (Å²) in [5.74, 6) is 0.638. The van der Waals surface area contributed by atoms with E-state index in [0.29, 0.717) is 25.1 Å². The van der Waals surface area contributed by atoms with E-state index >= 15 is 0 Å². The second-order valence-electron chi connectivity index (χ2n) is 5.39. The van der Waals surface area contributed by atoms with Gasteiger partial charge in [0.1, 0.15) is 0 Å². The Hall–Kier alpha value is -0.980. The fraction of sp³-hybridized carbons (Fsp3) is 0.929. The van der Waals surface area contributed by atoms with Crippen molar-refractivity contribution in [1.29, 1.82) is 0 Å². The van der Waals surface area contributed by atoms with Crippen molar-refractivity contribution in [3.05, 3.63) is 0 Å². The van der Waals surface area contributed by atoms with Gasteiger partial charge in [0.15, 0.2) is 5.96 Å². The normalized spacial score (nSPS) is 14.4. The van der Waals surface area contributed by atoms with Crippen LogP contribution in [0.25, 0.3) is 0 Å². The van der Waals surface area contributed by atoms with E-state index in [1.54, 1.807) is 7.05 Å². The van der Waals surface area contributed by atoms with Gasteiger partial charge in [0.05, 0.1) is 6.54 Å². The van der Waals surface area contributed by atoms with Gasteiger partial charge in [-0.1, -0.05) is 26.2 Å². The number of hydrogen-bond acceptors (Lipinski definition) is 2. The van der Waals surface area contributed by atoms with Crippen LogP contribution in [0.15, 0.2) is 4.99 Å². The van der Waals surface area contributed by atoms with Crippen molar-refractivity contribution in [1.82, 2.24) is 15.5 Å². The van der Waals surface area contributed by atoms with Crippen LogP contribution in [0.2, 0.25) is 0 Å². The first-order valence-electron chi connectivity index (χ1n) is 7.51. The largest absolute Gasteiger partial charge is 0.401 e. The van der Waals surface area contributed by atoms with E-state index in [1.807, 2.05) is 0 Å². The molecule has 0 spiro atoms. The lowest BCUT2D eigenvalue weighted by Crippen LogP contribution is -2.45. The SMILES string of the molecule is CCCCCC(C)NC(=NC)NCCN(C)CC(F)(F)F. The van der Waals surface area contributed by atoms with Crippen molar-refractivity contribution in [2.75, 3.05) is 33.7 Å². The van der Waals surface area contributed by atoms with Crippen molar-refractivity contribution in [2.24, 2.45) is 4.99 Å². The highest BCUT2D eigenvalue weighted by atomic mass is 19.4. The van der Waals surface area contributed by atoms with Gasteiger partial charge >= 0.3 is 6.18 Å². The predicted octanol–water partition coefficient (Wildman–Crippen LogP) is 2.61. The van der Waals surface area contributed by atoms with Gasteiger partial charge in [0.25, 0.3) is 0 Å². The van der Waals surface area contributed by atoms with E-state index in [1.165, 1.54) is 24.8 Å². The van der Waals surface area contributed by atoms with Gasteiger partial charge in [-0.3, -0.25) is 9.89 Å². The molecule has 0 aromatic carbocycles. The minimum atomic E-state index is -4.15. The van der Waals surface area contributed by atoms with E-state index in [0.717, 1.165) is 12.8 Å². The number of alkyl halides is 3. The molecule has 0 aliphatic rings. The van der Waals surface area contributed by atoms with Crippen LogP contribution in [0.4, 0.5) is 13.2 Å². The Morgan fingerprint density at radius 2 is 1.95 bits per heavy atom. The predicted molar refractivity (Wildman–Crippen MR) is 81.7 cm³/mol. The summed E-state index contributed by atoms with van der Waals surface area (Å²) in [7, 11) is 3.12. The van der Waals surface area contributed by atoms with Crippen LogP contribution in [-0.2, 0) is 0 Å². The van der Waals surface area contributed by atoms with Crippen molar-refractivity contribution in [3.8, 4) is 0 Å². The van der Waals surface area contributed by atoms with E-state index in [9.17, 15) is 13.2 Å². The molecule has 126 valence electrons. The molecule has 0 rings (SSSR count). The first-order chi connectivity index (χ1) is 9.78. The molecule has 0 saturated heterocycles. The summed E-state index contributed by atoms with van der Waals surface area (Å²) in [6.07, 6.45) is 0.465. The molecule has 0 aromatic heterocycles. The molecule has 7 heteroatoms. The molecule has 4 nitrogen and oxygen atoms in total. The van der Waals surface area contributed by atoms with E-state index in [-0.39, 0.29) is 0 Å². The summed E-state index contributed by atoms with van der Waals surface area (Å²) in [5, 5.41) is 6.28. The van der Waals surface area contributed by atoms with Gasteiger partial charge < -0.3 is 10.6 Å². The minimum Gasteiger partial charge on any atom is -0.355 e. The zero-order valence-corrected chi connectivity index (χ0v) is 13.6. The number of halogens is 3. The standard InChI is InChI=1S/C14H29F3N4/c1-5-6-7-8-12(2)20-13(18-3)19-9-10-21(4)11-14(15,16)17/h12H,5-11H2,1-4H3,(H2,18,19,20). The van der Waals surface area contributed by atoms with Crippen molar-refractivity contribution in [2.45, 2.75) is 51.7 Å². The maximum atomic E-state index is 12.2. The van der Waals surface area contributed by atoms with Gasteiger partial charge in [-0.25, -0.2) is 0 Å². The number of unbranched alkanes of at least 4 members (excludes halogenated alkanes) is 2. The minimum absolute atomic E-state index is 0.302. The molecule has 0 aliphatic heterocycles. The average Bonchev–Trinajstić information content (AvgIpc) is 2.35. The highest BCUT2D eigenvalue weighted by molar-refractivity contribution is 5.79. The third kappa shape index (κ3) is 12.5. The van der Waals surface area contributed by atoms with Crippen LogP contribution < -0.4 is 10.6 Å². The molecule has 0 saturated carbocycles. The number of hydrogen-bond donors (Lipinski definition) is 2. The Kier molecular flexibility index (Phi) is 10.2. The van der Waals surface area contributed by atoms with Crippen molar-refractivity contribution >= 4 is 5.96 Å². The number of nitrogens with zero attached hydrogens (tertiary/aromatic N) is 2. The van der Waals surface area contributed by atoms with Crippen molar-refractivity contribution < 1.29 is 13.2 Å². The van der Waals surface area contributed by atoms with Crippen LogP contribution in [-0.4, -0.2) is 56.8 Å². The molecule has 0 aromatic rings. The molecule has 2 N–H and O–H groups in total. The Bertz CT molecular complexity index is 292. The summed E-state index contributed by atoms with van der Waals surface area (Å²) in [6.45, 7) is 4.08. The first kappa shape index (κ1) is 20.0. The highest BCUT2D eigenvalue weighted by Gasteiger charge is 2.28.